The molecule has 1 aliphatic heterocycles. The van der Waals surface area contributed by atoms with Crippen LogP contribution < -0.4 is 5.32 Å². The molecule has 1 aromatic carbocycles. The van der Waals surface area contributed by atoms with E-state index in [0.29, 0.717) is 25.2 Å². The quantitative estimate of drug-likeness (QED) is 0.918. The Morgan fingerprint density at radius 1 is 1.25 bits per heavy atom. The van der Waals surface area contributed by atoms with Crippen LogP contribution in [0.4, 0.5) is 4.39 Å². The second-order valence-corrected chi connectivity index (χ2v) is 6.20. The van der Waals surface area contributed by atoms with Gasteiger partial charge in [-0.1, -0.05) is 24.3 Å². The summed E-state index contributed by atoms with van der Waals surface area (Å²) < 4.78 is 13.8. The lowest BCUT2D eigenvalue weighted by atomic mass is 9.96. The molecule has 126 valence electrons. The summed E-state index contributed by atoms with van der Waals surface area (Å²) >= 11 is 0. The van der Waals surface area contributed by atoms with Crippen LogP contribution in [0.15, 0.2) is 48.7 Å². The fourth-order valence-electron chi connectivity index (χ4n) is 3.11. The highest BCUT2D eigenvalue weighted by Crippen LogP contribution is 2.20. The normalized spacial score (nSPS) is 18.3. The van der Waals surface area contributed by atoms with Crippen LogP contribution in [0.1, 0.15) is 24.1 Å². The third-order valence-electron chi connectivity index (χ3n) is 4.40. The van der Waals surface area contributed by atoms with E-state index in [2.05, 4.69) is 15.2 Å². The van der Waals surface area contributed by atoms with Crippen molar-refractivity contribution in [2.75, 3.05) is 13.1 Å². The molecule has 1 fully saturated rings. The molecule has 3 rings (SSSR count). The van der Waals surface area contributed by atoms with Crippen molar-refractivity contribution in [1.82, 2.24) is 15.2 Å². The minimum absolute atomic E-state index is 0.0470. The standard InChI is InChI=1S/C19H22FN3O/c20-18-9-2-1-6-15(18)13-23-11-5-7-16(14-23)19(24)22-12-17-8-3-4-10-21-17/h1-4,6,8-10,16H,5,7,11-14H2,(H,22,24). The number of carbonyl (C=O) groups excluding carboxylic acids is 1. The van der Waals surface area contributed by atoms with Gasteiger partial charge in [-0.15, -0.1) is 0 Å². The molecule has 1 aromatic heterocycles. The van der Waals surface area contributed by atoms with Gasteiger partial charge in [-0.25, -0.2) is 4.39 Å². The van der Waals surface area contributed by atoms with E-state index in [1.165, 1.54) is 6.07 Å². The first-order valence-electron chi connectivity index (χ1n) is 8.36. The SMILES string of the molecule is O=C(NCc1ccccn1)C1CCCN(Cc2ccccc2F)C1. The first-order valence-corrected chi connectivity index (χ1v) is 8.36. The minimum atomic E-state index is -0.181. The van der Waals surface area contributed by atoms with Gasteiger partial charge in [0, 0.05) is 24.8 Å². The molecule has 4 nitrogen and oxygen atoms in total. The number of pyridine rings is 1. The molecule has 0 radical (unpaired) electrons. The number of hydrogen-bond donors (Lipinski definition) is 1. The van der Waals surface area contributed by atoms with Crippen LogP contribution in [0.5, 0.6) is 0 Å². The average Bonchev–Trinajstić information content (AvgIpc) is 2.63. The van der Waals surface area contributed by atoms with Gasteiger partial charge in [-0.05, 0) is 37.6 Å². The molecule has 1 saturated heterocycles. The molecule has 2 heterocycles. The second-order valence-electron chi connectivity index (χ2n) is 6.20. The summed E-state index contributed by atoms with van der Waals surface area (Å²) in [6, 6.07) is 12.5. The zero-order valence-corrected chi connectivity index (χ0v) is 13.6. The summed E-state index contributed by atoms with van der Waals surface area (Å²) in [4.78, 5) is 18.8. The van der Waals surface area contributed by atoms with Crippen molar-refractivity contribution in [3.8, 4) is 0 Å². The number of nitrogens with one attached hydrogen (secondary N) is 1. The van der Waals surface area contributed by atoms with Crippen LogP contribution in [0.2, 0.25) is 0 Å². The van der Waals surface area contributed by atoms with Crippen LogP contribution in [0.25, 0.3) is 0 Å². The summed E-state index contributed by atoms with van der Waals surface area (Å²) in [5.41, 5.74) is 1.54. The first kappa shape index (κ1) is 16.6. The molecule has 0 saturated carbocycles. The summed E-state index contributed by atoms with van der Waals surface area (Å²) in [5.74, 6) is -0.174. The number of hydrogen-bond acceptors (Lipinski definition) is 3. The molecule has 1 aliphatic rings. The number of amides is 1. The maximum Gasteiger partial charge on any atom is 0.224 e. The number of likely N-dealkylation sites (tertiary alicyclic amines) is 1. The predicted molar refractivity (Wildman–Crippen MR) is 90.5 cm³/mol. The Bertz CT molecular complexity index is 677. The lowest BCUT2D eigenvalue weighted by molar-refractivity contribution is -0.127. The molecular weight excluding hydrogens is 305 g/mol. The van der Waals surface area contributed by atoms with Gasteiger partial charge >= 0.3 is 0 Å². The zero-order valence-electron chi connectivity index (χ0n) is 13.6. The van der Waals surface area contributed by atoms with Crippen LogP contribution in [-0.4, -0.2) is 28.9 Å². The number of benzene rings is 1. The number of carbonyl (C=O) groups is 1. The number of aromatic nitrogens is 1. The number of nitrogens with zero attached hydrogens (tertiary/aromatic N) is 2. The van der Waals surface area contributed by atoms with Gasteiger partial charge < -0.3 is 5.32 Å². The molecule has 0 bridgehead atoms. The average molecular weight is 327 g/mol. The van der Waals surface area contributed by atoms with Gasteiger partial charge in [0.25, 0.3) is 0 Å². The fourth-order valence-corrected chi connectivity index (χ4v) is 3.11. The van der Waals surface area contributed by atoms with Crippen molar-refractivity contribution >= 4 is 5.91 Å². The Balaban J connectivity index is 1.53. The van der Waals surface area contributed by atoms with Crippen molar-refractivity contribution in [3.63, 3.8) is 0 Å². The molecular formula is C19H22FN3O. The minimum Gasteiger partial charge on any atom is -0.350 e. The molecule has 1 N–H and O–H groups in total. The third-order valence-corrected chi connectivity index (χ3v) is 4.40. The number of halogens is 1. The largest absolute Gasteiger partial charge is 0.350 e. The summed E-state index contributed by atoms with van der Waals surface area (Å²) in [5, 5.41) is 2.96. The van der Waals surface area contributed by atoms with Crippen LogP contribution >= 0.6 is 0 Å². The topological polar surface area (TPSA) is 45.2 Å². The number of piperidine rings is 1. The van der Waals surface area contributed by atoms with Gasteiger partial charge in [-0.2, -0.15) is 0 Å². The molecule has 1 atom stereocenters. The lowest BCUT2D eigenvalue weighted by Gasteiger charge is -2.32. The smallest absolute Gasteiger partial charge is 0.224 e. The van der Waals surface area contributed by atoms with E-state index in [9.17, 15) is 9.18 Å². The van der Waals surface area contributed by atoms with E-state index in [4.69, 9.17) is 0 Å². The van der Waals surface area contributed by atoms with E-state index < -0.39 is 0 Å². The summed E-state index contributed by atoms with van der Waals surface area (Å²) in [7, 11) is 0. The highest BCUT2D eigenvalue weighted by Gasteiger charge is 2.26. The molecule has 5 heteroatoms. The number of rotatable bonds is 5. The van der Waals surface area contributed by atoms with Gasteiger partial charge in [0.05, 0.1) is 18.2 Å². The Morgan fingerprint density at radius 3 is 2.88 bits per heavy atom. The van der Waals surface area contributed by atoms with E-state index in [-0.39, 0.29) is 17.6 Å². The first-order chi connectivity index (χ1) is 11.7. The van der Waals surface area contributed by atoms with Crippen molar-refractivity contribution in [3.05, 3.63) is 65.7 Å². The van der Waals surface area contributed by atoms with Crippen molar-refractivity contribution in [2.45, 2.75) is 25.9 Å². The van der Waals surface area contributed by atoms with Crippen molar-refractivity contribution in [1.29, 1.82) is 0 Å². The Labute approximate surface area is 141 Å². The lowest BCUT2D eigenvalue weighted by Crippen LogP contribution is -2.42. The molecule has 2 aromatic rings. The highest BCUT2D eigenvalue weighted by atomic mass is 19.1. The summed E-state index contributed by atoms with van der Waals surface area (Å²) in [6.07, 6.45) is 3.55. The summed E-state index contributed by atoms with van der Waals surface area (Å²) in [6.45, 7) is 2.57. The van der Waals surface area contributed by atoms with E-state index in [1.54, 1.807) is 18.3 Å². The molecule has 24 heavy (non-hydrogen) atoms. The Hall–Kier alpha value is -2.27. The zero-order chi connectivity index (χ0) is 16.8. The van der Waals surface area contributed by atoms with Gasteiger partial charge in [-0.3, -0.25) is 14.7 Å². The molecule has 0 spiro atoms. The van der Waals surface area contributed by atoms with Crippen molar-refractivity contribution in [2.24, 2.45) is 5.92 Å². The predicted octanol–water partition coefficient (Wildman–Crippen LogP) is 2.75. The maximum atomic E-state index is 13.8. The maximum absolute atomic E-state index is 13.8. The van der Waals surface area contributed by atoms with E-state index in [1.807, 2.05) is 24.3 Å². The third kappa shape index (κ3) is 4.38. The highest BCUT2D eigenvalue weighted by molar-refractivity contribution is 5.78. The molecule has 0 aliphatic carbocycles. The van der Waals surface area contributed by atoms with Crippen LogP contribution in [-0.2, 0) is 17.9 Å². The van der Waals surface area contributed by atoms with Crippen molar-refractivity contribution < 1.29 is 9.18 Å². The van der Waals surface area contributed by atoms with Gasteiger partial charge in [0.15, 0.2) is 0 Å². The molecule has 1 unspecified atom stereocenters. The monoisotopic (exact) mass is 327 g/mol. The molecule has 1 amide bonds. The van der Waals surface area contributed by atoms with E-state index >= 15 is 0 Å². The Morgan fingerprint density at radius 2 is 2.08 bits per heavy atom. The van der Waals surface area contributed by atoms with Gasteiger partial charge in [0.1, 0.15) is 5.82 Å². The van der Waals surface area contributed by atoms with Gasteiger partial charge in [0.2, 0.25) is 5.91 Å². The van der Waals surface area contributed by atoms with Crippen LogP contribution in [0.3, 0.4) is 0 Å². The second kappa shape index (κ2) is 8.02. The Kier molecular flexibility index (Phi) is 5.54. The van der Waals surface area contributed by atoms with Crippen LogP contribution in [0, 0.1) is 11.7 Å². The fraction of sp³-hybridized carbons (Fsp3) is 0.368. The van der Waals surface area contributed by atoms with E-state index in [0.717, 1.165) is 25.1 Å².